The van der Waals surface area contributed by atoms with Gasteiger partial charge in [-0.3, -0.25) is 4.98 Å². The summed E-state index contributed by atoms with van der Waals surface area (Å²) in [7, 11) is 0. The molecule has 0 aliphatic carbocycles. The lowest BCUT2D eigenvalue weighted by Crippen LogP contribution is -2.40. The molecule has 4 heteroatoms. The Morgan fingerprint density at radius 1 is 1.57 bits per heavy atom. The molecule has 0 spiro atoms. The van der Waals surface area contributed by atoms with E-state index in [0.717, 1.165) is 18.8 Å². The van der Waals surface area contributed by atoms with Crippen LogP contribution in [0.3, 0.4) is 0 Å². The van der Waals surface area contributed by atoms with Gasteiger partial charge in [-0.2, -0.15) is 0 Å². The monoisotopic (exact) mass is 192 g/mol. The Morgan fingerprint density at radius 3 is 2.71 bits per heavy atom. The van der Waals surface area contributed by atoms with E-state index in [-0.39, 0.29) is 0 Å². The number of hydrogen-bond donors (Lipinski definition) is 2. The molecule has 0 radical (unpaired) electrons. The molecule has 2 N–H and O–H groups in total. The standard InChI is InChI=1S/C10H12N2O2/c1-6-8(10(13)14)2-3-9(12-6)7-4-11-5-7/h2-3,7,11H,4-5H2,1H3,(H,13,14). The molecule has 1 saturated heterocycles. The normalized spacial score (nSPS) is 16.4. The number of rotatable bonds is 2. The molecule has 0 saturated carbocycles. The maximum atomic E-state index is 10.7. The first-order valence-electron chi connectivity index (χ1n) is 4.60. The molecule has 0 aromatic carbocycles. The van der Waals surface area contributed by atoms with Gasteiger partial charge in [0.1, 0.15) is 0 Å². The lowest BCUT2D eigenvalue weighted by atomic mass is 9.98. The van der Waals surface area contributed by atoms with Crippen molar-refractivity contribution in [1.29, 1.82) is 0 Å². The van der Waals surface area contributed by atoms with E-state index in [1.54, 1.807) is 13.0 Å². The molecule has 1 aromatic heterocycles. The lowest BCUT2D eigenvalue weighted by molar-refractivity contribution is 0.0695. The van der Waals surface area contributed by atoms with Crippen LogP contribution in [0.15, 0.2) is 12.1 Å². The van der Waals surface area contributed by atoms with Crippen molar-refractivity contribution >= 4 is 5.97 Å². The van der Waals surface area contributed by atoms with Crippen molar-refractivity contribution in [2.24, 2.45) is 0 Å². The van der Waals surface area contributed by atoms with Crippen LogP contribution in [0.1, 0.15) is 27.7 Å². The highest BCUT2D eigenvalue weighted by atomic mass is 16.4. The Hall–Kier alpha value is -1.42. The smallest absolute Gasteiger partial charge is 0.337 e. The van der Waals surface area contributed by atoms with Crippen molar-refractivity contribution in [2.45, 2.75) is 12.8 Å². The topological polar surface area (TPSA) is 62.2 Å². The molecule has 14 heavy (non-hydrogen) atoms. The molecule has 2 rings (SSSR count). The Morgan fingerprint density at radius 2 is 2.29 bits per heavy atom. The number of aromatic carboxylic acids is 1. The Kier molecular flexibility index (Phi) is 2.21. The van der Waals surface area contributed by atoms with Gasteiger partial charge in [-0.05, 0) is 19.1 Å². The van der Waals surface area contributed by atoms with E-state index in [0.29, 0.717) is 17.2 Å². The Labute approximate surface area is 82.0 Å². The van der Waals surface area contributed by atoms with Gasteiger partial charge in [-0.15, -0.1) is 0 Å². The molecular weight excluding hydrogens is 180 g/mol. The van der Waals surface area contributed by atoms with E-state index in [1.165, 1.54) is 0 Å². The predicted octanol–water partition coefficient (Wildman–Crippen LogP) is 0.775. The average molecular weight is 192 g/mol. The maximum absolute atomic E-state index is 10.7. The third kappa shape index (κ3) is 1.48. The summed E-state index contributed by atoms with van der Waals surface area (Å²) >= 11 is 0. The molecule has 74 valence electrons. The predicted molar refractivity (Wildman–Crippen MR) is 51.5 cm³/mol. The van der Waals surface area contributed by atoms with Crippen LogP contribution in [0, 0.1) is 6.92 Å². The van der Waals surface area contributed by atoms with Crippen LogP contribution >= 0.6 is 0 Å². The number of hydrogen-bond acceptors (Lipinski definition) is 3. The molecule has 1 aliphatic heterocycles. The molecule has 1 aliphatic rings. The van der Waals surface area contributed by atoms with E-state index in [2.05, 4.69) is 10.3 Å². The minimum atomic E-state index is -0.909. The van der Waals surface area contributed by atoms with Crippen LogP contribution in [0.4, 0.5) is 0 Å². The fourth-order valence-electron chi connectivity index (χ4n) is 1.53. The van der Waals surface area contributed by atoms with Crippen LogP contribution < -0.4 is 5.32 Å². The minimum absolute atomic E-state index is 0.293. The van der Waals surface area contributed by atoms with Gasteiger partial charge in [0, 0.05) is 24.7 Å². The summed E-state index contributed by atoms with van der Waals surface area (Å²) in [4.78, 5) is 15.0. The maximum Gasteiger partial charge on any atom is 0.337 e. The van der Waals surface area contributed by atoms with Gasteiger partial charge in [-0.1, -0.05) is 0 Å². The van der Waals surface area contributed by atoms with Gasteiger partial charge in [0.05, 0.1) is 11.3 Å². The molecular formula is C10H12N2O2. The summed E-state index contributed by atoms with van der Waals surface area (Å²) < 4.78 is 0. The summed E-state index contributed by atoms with van der Waals surface area (Å²) in [6.07, 6.45) is 0. The number of carboxylic acid groups (broad SMARTS) is 1. The summed E-state index contributed by atoms with van der Waals surface area (Å²) in [5.41, 5.74) is 1.88. The third-order valence-electron chi connectivity index (χ3n) is 2.54. The molecule has 0 atom stereocenters. The van der Waals surface area contributed by atoms with Crippen LogP contribution in [-0.4, -0.2) is 29.1 Å². The summed E-state index contributed by atoms with van der Waals surface area (Å²) in [6, 6.07) is 3.44. The largest absolute Gasteiger partial charge is 0.478 e. The van der Waals surface area contributed by atoms with Crippen molar-refractivity contribution < 1.29 is 9.90 Å². The van der Waals surface area contributed by atoms with E-state index < -0.39 is 5.97 Å². The van der Waals surface area contributed by atoms with Crippen LogP contribution in [-0.2, 0) is 0 Å². The third-order valence-corrected chi connectivity index (χ3v) is 2.54. The number of nitrogens with one attached hydrogen (secondary N) is 1. The molecule has 0 amide bonds. The highest BCUT2D eigenvalue weighted by Gasteiger charge is 2.21. The van der Waals surface area contributed by atoms with Crippen molar-refractivity contribution in [2.75, 3.05) is 13.1 Å². The van der Waals surface area contributed by atoms with Crippen LogP contribution in [0.5, 0.6) is 0 Å². The molecule has 1 fully saturated rings. The van der Waals surface area contributed by atoms with Gasteiger partial charge in [0.25, 0.3) is 0 Å². The number of carboxylic acids is 1. The quantitative estimate of drug-likeness (QED) is 0.726. The fourth-order valence-corrected chi connectivity index (χ4v) is 1.53. The van der Waals surface area contributed by atoms with Crippen LogP contribution in [0.25, 0.3) is 0 Å². The second kappa shape index (κ2) is 3.38. The Balaban J connectivity index is 2.30. The van der Waals surface area contributed by atoms with Crippen molar-refractivity contribution in [3.05, 3.63) is 29.1 Å². The zero-order chi connectivity index (χ0) is 10.1. The molecule has 4 nitrogen and oxygen atoms in total. The highest BCUT2D eigenvalue weighted by molar-refractivity contribution is 5.88. The van der Waals surface area contributed by atoms with Gasteiger partial charge in [-0.25, -0.2) is 4.79 Å². The van der Waals surface area contributed by atoms with E-state index >= 15 is 0 Å². The molecule has 0 unspecified atom stereocenters. The number of pyridine rings is 1. The Bertz CT molecular complexity index is 372. The zero-order valence-corrected chi connectivity index (χ0v) is 7.95. The zero-order valence-electron chi connectivity index (χ0n) is 7.95. The van der Waals surface area contributed by atoms with Gasteiger partial charge >= 0.3 is 5.97 Å². The number of aromatic nitrogens is 1. The van der Waals surface area contributed by atoms with E-state index in [9.17, 15) is 4.79 Å². The first-order chi connectivity index (χ1) is 6.68. The van der Waals surface area contributed by atoms with Crippen LogP contribution in [0.2, 0.25) is 0 Å². The SMILES string of the molecule is Cc1nc(C2CNC2)ccc1C(=O)O. The summed E-state index contributed by atoms with van der Waals surface area (Å²) in [5, 5.41) is 12.0. The number of carbonyl (C=O) groups is 1. The summed E-state index contributed by atoms with van der Waals surface area (Å²) in [6.45, 7) is 3.62. The highest BCUT2D eigenvalue weighted by Crippen LogP contribution is 2.19. The number of nitrogens with zero attached hydrogens (tertiary/aromatic N) is 1. The summed E-state index contributed by atoms with van der Waals surface area (Å²) in [5.74, 6) is -0.454. The van der Waals surface area contributed by atoms with Crippen molar-refractivity contribution in [1.82, 2.24) is 10.3 Å². The second-order valence-corrected chi connectivity index (χ2v) is 3.53. The van der Waals surface area contributed by atoms with Crippen molar-refractivity contribution in [3.8, 4) is 0 Å². The van der Waals surface area contributed by atoms with Gasteiger partial charge in [0.15, 0.2) is 0 Å². The average Bonchev–Trinajstić information content (AvgIpc) is 2.00. The molecule has 0 bridgehead atoms. The van der Waals surface area contributed by atoms with E-state index in [1.807, 2.05) is 6.07 Å². The minimum Gasteiger partial charge on any atom is -0.478 e. The molecule has 1 aromatic rings. The molecule has 2 heterocycles. The second-order valence-electron chi connectivity index (χ2n) is 3.53. The van der Waals surface area contributed by atoms with Gasteiger partial charge < -0.3 is 10.4 Å². The lowest BCUT2D eigenvalue weighted by Gasteiger charge is -2.26. The number of aryl methyl sites for hydroxylation is 1. The van der Waals surface area contributed by atoms with E-state index in [4.69, 9.17) is 5.11 Å². The first kappa shape index (κ1) is 9.15. The van der Waals surface area contributed by atoms with Gasteiger partial charge in [0.2, 0.25) is 0 Å². The van der Waals surface area contributed by atoms with Crippen molar-refractivity contribution in [3.63, 3.8) is 0 Å². The first-order valence-corrected chi connectivity index (χ1v) is 4.60. The fraction of sp³-hybridized carbons (Fsp3) is 0.400.